The largest absolute Gasteiger partial charge is 0.420 e. The van der Waals surface area contributed by atoms with Gasteiger partial charge in [-0.3, -0.25) is 0 Å². The quantitative estimate of drug-likeness (QED) is 0.246. The Labute approximate surface area is 207 Å². The Kier molecular flexibility index (Phi) is 7.63. The lowest BCUT2D eigenvalue weighted by Gasteiger charge is -2.37. The van der Waals surface area contributed by atoms with Gasteiger partial charge in [-0.15, -0.1) is 10.2 Å². The first kappa shape index (κ1) is 25.6. The van der Waals surface area contributed by atoms with Gasteiger partial charge in [-0.25, -0.2) is 9.69 Å². The summed E-state index contributed by atoms with van der Waals surface area (Å²) in [5.41, 5.74) is 3.65. The minimum atomic E-state index is -2.01. The average Bonchev–Trinajstić information content (AvgIpc) is 3.29. The molecule has 0 aliphatic heterocycles. The molecule has 2 aromatic carbocycles. The first-order valence-corrected chi connectivity index (χ1v) is 14.4. The molecule has 0 saturated carbocycles. The monoisotopic (exact) mass is 492 g/mol. The van der Waals surface area contributed by atoms with Crippen molar-refractivity contribution >= 4 is 31.3 Å². The fraction of sp³-hybridized carbons (Fsp3) is 0.385. The summed E-state index contributed by atoms with van der Waals surface area (Å²) in [7, 11) is -2.01. The van der Waals surface area contributed by atoms with E-state index in [4.69, 9.17) is 33.6 Å². The third kappa shape index (κ3) is 5.56. The van der Waals surface area contributed by atoms with Gasteiger partial charge >= 0.3 is 0 Å². The Hall–Kier alpha value is -2.97. The smallest absolute Gasteiger partial charge is 0.247 e. The highest BCUT2D eigenvalue weighted by atomic mass is 35.5. The lowest BCUT2D eigenvalue weighted by Crippen LogP contribution is -2.41. The van der Waals surface area contributed by atoms with E-state index in [1.54, 1.807) is 30.3 Å². The molecule has 34 heavy (non-hydrogen) atoms. The van der Waals surface area contributed by atoms with Gasteiger partial charge in [0.1, 0.15) is 0 Å². The van der Waals surface area contributed by atoms with Crippen molar-refractivity contribution in [3.05, 3.63) is 81.3 Å². The molecule has 6 nitrogen and oxygen atoms in total. The maximum atomic E-state index is 7.31. The first-order valence-electron chi connectivity index (χ1n) is 11.1. The molecular weight excluding hydrogens is 464 g/mol. The van der Waals surface area contributed by atoms with Crippen molar-refractivity contribution in [1.29, 1.82) is 0 Å². The lowest BCUT2D eigenvalue weighted by molar-refractivity contribution is 0.244. The Bertz CT molecular complexity index is 1250. The third-order valence-corrected chi connectivity index (χ3v) is 11.5. The maximum Gasteiger partial charge on any atom is 0.247 e. The van der Waals surface area contributed by atoms with Crippen LogP contribution in [0.2, 0.25) is 23.2 Å². The van der Waals surface area contributed by atoms with Crippen LogP contribution in [0.1, 0.15) is 43.7 Å². The molecule has 0 bridgehead atoms. The van der Waals surface area contributed by atoms with Crippen LogP contribution in [0.15, 0.2) is 40.8 Å². The van der Waals surface area contributed by atoms with Crippen LogP contribution in [0.25, 0.3) is 21.1 Å². The van der Waals surface area contributed by atoms with Gasteiger partial charge < -0.3 is 8.84 Å². The molecule has 3 rings (SSSR count). The first-order chi connectivity index (χ1) is 16.0. The van der Waals surface area contributed by atoms with Gasteiger partial charge in [-0.1, -0.05) is 68.8 Å². The van der Waals surface area contributed by atoms with Gasteiger partial charge in [-0.05, 0) is 42.6 Å². The van der Waals surface area contributed by atoms with Crippen LogP contribution in [0.5, 0.6) is 0 Å². The van der Waals surface area contributed by atoms with Crippen molar-refractivity contribution in [2.45, 2.75) is 58.2 Å². The van der Waals surface area contributed by atoms with E-state index in [1.165, 1.54) is 0 Å². The third-order valence-electron chi connectivity index (χ3n) is 6.55. The van der Waals surface area contributed by atoms with Gasteiger partial charge in [0, 0.05) is 12.2 Å². The minimum Gasteiger partial charge on any atom is -0.420 e. The van der Waals surface area contributed by atoms with Gasteiger partial charge in [0.2, 0.25) is 17.5 Å². The average molecular weight is 493 g/mol. The molecule has 0 aliphatic carbocycles. The molecule has 0 N–H and O–H groups in total. The fourth-order valence-electron chi connectivity index (χ4n) is 3.22. The maximum absolute atomic E-state index is 7.31. The molecule has 0 spiro atoms. The Balaban J connectivity index is 1.94. The van der Waals surface area contributed by atoms with E-state index in [1.807, 2.05) is 13.0 Å². The van der Waals surface area contributed by atoms with Gasteiger partial charge in [-0.2, -0.15) is 0 Å². The zero-order valence-electron chi connectivity index (χ0n) is 20.4. The van der Waals surface area contributed by atoms with E-state index in [0.717, 1.165) is 16.7 Å². The summed E-state index contributed by atoms with van der Waals surface area (Å²) in [5.74, 6) is 0.723. The summed E-state index contributed by atoms with van der Waals surface area (Å²) >= 11 is 6.44. The van der Waals surface area contributed by atoms with Crippen molar-refractivity contribution in [3.8, 4) is 11.5 Å². The zero-order chi connectivity index (χ0) is 25.1. The highest BCUT2D eigenvalue weighted by Gasteiger charge is 2.38. The molecular formula is C26H29ClN4O2Si. The van der Waals surface area contributed by atoms with Crippen LogP contribution in [0, 0.1) is 20.1 Å². The number of hydrogen-bond acceptors (Lipinski definition) is 4. The zero-order valence-corrected chi connectivity index (χ0v) is 22.2. The van der Waals surface area contributed by atoms with E-state index in [2.05, 4.69) is 53.8 Å². The Morgan fingerprint density at radius 2 is 1.74 bits per heavy atom. The molecule has 1 atom stereocenters. The van der Waals surface area contributed by atoms with Crippen LogP contribution >= 0.6 is 11.6 Å². The second-order valence-corrected chi connectivity index (χ2v) is 15.1. The lowest BCUT2D eigenvalue weighted by atomic mass is 9.96. The molecule has 0 amide bonds. The number of nitrogens with zero attached hydrogens (tertiary/aromatic N) is 4. The molecule has 8 heteroatoms. The highest BCUT2D eigenvalue weighted by molar-refractivity contribution is 6.74. The molecule has 0 unspecified atom stereocenters. The highest BCUT2D eigenvalue weighted by Crippen LogP contribution is 2.38. The van der Waals surface area contributed by atoms with Gasteiger partial charge in [0.25, 0.3) is 0 Å². The second kappa shape index (κ2) is 10.1. The molecule has 0 radical (unpaired) electrons. The standard InChI is InChI=1S/C26H29ClN4O2Si/c1-17-19(11-14-22(29-6)23(17)27)15-20(16-32-34(7,8)26(2,3)4)25-31-30-24(33-25)18-9-12-21(28-5)13-10-18/h9-14,20H,15-16H2,1-4,7-8H3/t20-/m1/s1. The predicted octanol–water partition coefficient (Wildman–Crippen LogP) is 8.15. The molecule has 0 saturated heterocycles. The number of benzene rings is 2. The molecule has 3 aromatic rings. The van der Waals surface area contributed by atoms with Gasteiger partial charge in [0.05, 0.1) is 24.1 Å². The molecule has 176 valence electrons. The van der Waals surface area contributed by atoms with Crippen molar-refractivity contribution in [3.63, 3.8) is 0 Å². The van der Waals surface area contributed by atoms with Gasteiger partial charge in [0.15, 0.2) is 14.0 Å². The summed E-state index contributed by atoms with van der Waals surface area (Å²) in [6.07, 6.45) is 0.594. The van der Waals surface area contributed by atoms with Crippen molar-refractivity contribution in [2.24, 2.45) is 0 Å². The predicted molar refractivity (Wildman–Crippen MR) is 138 cm³/mol. The number of halogens is 1. The fourth-order valence-corrected chi connectivity index (χ4v) is 4.50. The number of hydrogen-bond donors (Lipinski definition) is 0. The van der Waals surface area contributed by atoms with Crippen LogP contribution in [-0.2, 0) is 10.8 Å². The van der Waals surface area contributed by atoms with Crippen molar-refractivity contribution in [2.75, 3.05) is 6.61 Å². The van der Waals surface area contributed by atoms with Crippen LogP contribution in [0.3, 0.4) is 0 Å². The Morgan fingerprint density at radius 1 is 1.06 bits per heavy atom. The molecule has 1 heterocycles. The topological polar surface area (TPSA) is 56.9 Å². The van der Waals surface area contributed by atoms with Crippen molar-refractivity contribution in [1.82, 2.24) is 10.2 Å². The minimum absolute atomic E-state index is 0.0682. The summed E-state index contributed by atoms with van der Waals surface area (Å²) in [5, 5.41) is 9.16. The summed E-state index contributed by atoms with van der Waals surface area (Å²) in [6, 6.07) is 10.8. The van der Waals surface area contributed by atoms with E-state index < -0.39 is 8.32 Å². The Morgan fingerprint density at radius 3 is 2.32 bits per heavy atom. The number of rotatable bonds is 7. The van der Waals surface area contributed by atoms with E-state index in [9.17, 15) is 0 Å². The van der Waals surface area contributed by atoms with Crippen LogP contribution in [-0.4, -0.2) is 25.1 Å². The molecule has 0 fully saturated rings. The SMILES string of the molecule is [C-]#[N+]c1ccc(-c2nnc([C@@H](CO[Si](C)(C)C(C)(C)C)Cc3ccc([N+]#[C-])c(Cl)c3C)o2)cc1. The molecule has 1 aromatic heterocycles. The van der Waals surface area contributed by atoms with E-state index >= 15 is 0 Å². The number of aromatic nitrogens is 2. The summed E-state index contributed by atoms with van der Waals surface area (Å²) in [4.78, 5) is 6.92. The van der Waals surface area contributed by atoms with E-state index in [0.29, 0.717) is 41.2 Å². The van der Waals surface area contributed by atoms with Crippen molar-refractivity contribution < 1.29 is 8.84 Å². The molecule has 0 aliphatic rings. The van der Waals surface area contributed by atoms with Crippen LogP contribution in [0.4, 0.5) is 11.4 Å². The second-order valence-electron chi connectivity index (χ2n) is 9.87. The van der Waals surface area contributed by atoms with E-state index in [-0.39, 0.29) is 11.0 Å². The van der Waals surface area contributed by atoms with Crippen LogP contribution < -0.4 is 0 Å². The normalized spacial score (nSPS) is 12.7. The summed E-state index contributed by atoms with van der Waals surface area (Å²) in [6.45, 7) is 27.9. The summed E-state index contributed by atoms with van der Waals surface area (Å²) < 4.78 is 12.6.